The number of rotatable bonds is 6. The summed E-state index contributed by atoms with van der Waals surface area (Å²) in [7, 11) is 1.29. The fraction of sp³-hybridized carbons (Fsp3) is 0.250. The predicted molar refractivity (Wildman–Crippen MR) is 98.9 cm³/mol. The molecule has 2 N–H and O–H groups in total. The van der Waals surface area contributed by atoms with Gasteiger partial charge in [0.25, 0.3) is 5.91 Å². The first-order valence-electron chi connectivity index (χ1n) is 8.21. The van der Waals surface area contributed by atoms with Gasteiger partial charge in [-0.1, -0.05) is 35.9 Å². The maximum Gasteiger partial charge on any atom is 0.328 e. The van der Waals surface area contributed by atoms with Gasteiger partial charge in [-0.05, 0) is 30.7 Å². The highest BCUT2D eigenvalue weighted by Gasteiger charge is 2.22. The van der Waals surface area contributed by atoms with E-state index < -0.39 is 17.9 Å². The van der Waals surface area contributed by atoms with Gasteiger partial charge in [0.15, 0.2) is 0 Å². The van der Waals surface area contributed by atoms with E-state index in [9.17, 15) is 14.4 Å². The Labute approximate surface area is 152 Å². The van der Waals surface area contributed by atoms with Gasteiger partial charge in [-0.2, -0.15) is 0 Å². The second kappa shape index (κ2) is 8.80. The third kappa shape index (κ3) is 5.44. The first-order chi connectivity index (χ1) is 12.4. The molecule has 0 radical (unpaired) electrons. The molecule has 0 bridgehead atoms. The van der Waals surface area contributed by atoms with Gasteiger partial charge >= 0.3 is 5.97 Å². The molecule has 2 aromatic carbocycles. The van der Waals surface area contributed by atoms with Gasteiger partial charge in [0.2, 0.25) is 5.91 Å². The van der Waals surface area contributed by atoms with E-state index in [1.165, 1.54) is 14.0 Å². The molecule has 6 heteroatoms. The zero-order valence-electron chi connectivity index (χ0n) is 15.0. The molecule has 136 valence electrons. The third-order valence-electron chi connectivity index (χ3n) is 3.76. The number of carbonyl (C=O) groups excluding carboxylic acids is 3. The fourth-order valence-electron chi connectivity index (χ4n) is 2.59. The largest absolute Gasteiger partial charge is 0.467 e. The lowest BCUT2D eigenvalue weighted by Gasteiger charge is -2.17. The molecule has 2 aromatic rings. The summed E-state index contributed by atoms with van der Waals surface area (Å²) in [5, 5.41) is 5.33. The molecule has 0 aliphatic rings. The van der Waals surface area contributed by atoms with Crippen LogP contribution in [0.15, 0.2) is 48.5 Å². The summed E-state index contributed by atoms with van der Waals surface area (Å²) in [4.78, 5) is 35.8. The quantitative estimate of drug-likeness (QED) is 0.781. The number of hydrogen-bond donors (Lipinski definition) is 2. The summed E-state index contributed by atoms with van der Waals surface area (Å²) in [5.74, 6) is -1.16. The minimum atomic E-state index is -0.807. The molecule has 0 aromatic heterocycles. The fourth-order valence-corrected chi connectivity index (χ4v) is 2.59. The highest BCUT2D eigenvalue weighted by molar-refractivity contribution is 5.98. The van der Waals surface area contributed by atoms with Gasteiger partial charge in [-0.3, -0.25) is 9.59 Å². The summed E-state index contributed by atoms with van der Waals surface area (Å²) >= 11 is 0. The van der Waals surface area contributed by atoms with Crippen LogP contribution in [0.5, 0.6) is 0 Å². The van der Waals surface area contributed by atoms with E-state index >= 15 is 0 Å². The van der Waals surface area contributed by atoms with Crippen molar-refractivity contribution < 1.29 is 19.1 Å². The van der Waals surface area contributed by atoms with Crippen molar-refractivity contribution in [2.24, 2.45) is 0 Å². The smallest absolute Gasteiger partial charge is 0.328 e. The first kappa shape index (κ1) is 19.2. The maximum atomic E-state index is 12.5. The van der Waals surface area contributed by atoms with Crippen molar-refractivity contribution in [3.05, 3.63) is 65.2 Å². The Morgan fingerprint density at radius 2 is 1.81 bits per heavy atom. The normalized spacial score (nSPS) is 11.3. The highest BCUT2D eigenvalue weighted by atomic mass is 16.5. The van der Waals surface area contributed by atoms with Crippen molar-refractivity contribution in [1.82, 2.24) is 5.32 Å². The lowest BCUT2D eigenvalue weighted by molar-refractivity contribution is -0.142. The number of benzene rings is 2. The predicted octanol–water partition coefficient (Wildman–Crippen LogP) is 2.47. The van der Waals surface area contributed by atoms with Crippen LogP contribution in [-0.2, 0) is 20.7 Å². The lowest BCUT2D eigenvalue weighted by Crippen LogP contribution is -2.43. The van der Waals surface area contributed by atoms with Crippen LogP contribution in [0, 0.1) is 6.92 Å². The molecule has 26 heavy (non-hydrogen) atoms. The Morgan fingerprint density at radius 3 is 2.46 bits per heavy atom. The number of methoxy groups -OCH3 is 1. The van der Waals surface area contributed by atoms with E-state index in [1.807, 2.05) is 31.2 Å². The van der Waals surface area contributed by atoms with Crippen LogP contribution >= 0.6 is 0 Å². The number of aryl methyl sites for hydroxylation is 1. The van der Waals surface area contributed by atoms with Crippen LogP contribution < -0.4 is 10.6 Å². The second-order valence-corrected chi connectivity index (χ2v) is 6.00. The number of carbonyl (C=O) groups is 3. The molecular formula is C20H22N2O4. The molecule has 0 aliphatic heterocycles. The maximum absolute atomic E-state index is 12.5. The van der Waals surface area contributed by atoms with E-state index in [0.29, 0.717) is 17.7 Å². The molecular weight excluding hydrogens is 332 g/mol. The number of hydrogen-bond acceptors (Lipinski definition) is 4. The molecule has 0 aliphatic carbocycles. The Hall–Kier alpha value is -3.15. The minimum absolute atomic E-state index is 0.227. The topological polar surface area (TPSA) is 84.5 Å². The molecule has 2 rings (SSSR count). The molecule has 0 saturated heterocycles. The number of amides is 2. The third-order valence-corrected chi connectivity index (χ3v) is 3.76. The average molecular weight is 354 g/mol. The van der Waals surface area contributed by atoms with E-state index in [2.05, 4.69) is 10.6 Å². The van der Waals surface area contributed by atoms with Crippen molar-refractivity contribution in [2.75, 3.05) is 12.4 Å². The molecule has 0 heterocycles. The lowest BCUT2D eigenvalue weighted by atomic mass is 10.0. The van der Waals surface area contributed by atoms with Crippen molar-refractivity contribution in [2.45, 2.75) is 26.3 Å². The molecule has 0 unspecified atom stereocenters. The van der Waals surface area contributed by atoms with E-state index in [4.69, 9.17) is 4.74 Å². The van der Waals surface area contributed by atoms with Gasteiger partial charge < -0.3 is 15.4 Å². The van der Waals surface area contributed by atoms with Gasteiger partial charge in [0.1, 0.15) is 6.04 Å². The zero-order valence-corrected chi connectivity index (χ0v) is 15.0. The van der Waals surface area contributed by atoms with Crippen LogP contribution in [0.25, 0.3) is 0 Å². The number of anilines is 1. The number of esters is 1. The van der Waals surface area contributed by atoms with Crippen LogP contribution in [0.4, 0.5) is 5.69 Å². The van der Waals surface area contributed by atoms with Gasteiger partial charge in [0.05, 0.1) is 7.11 Å². The van der Waals surface area contributed by atoms with Gasteiger partial charge in [0, 0.05) is 24.6 Å². The Morgan fingerprint density at radius 1 is 1.08 bits per heavy atom. The summed E-state index contributed by atoms with van der Waals surface area (Å²) < 4.78 is 4.82. The van der Waals surface area contributed by atoms with Crippen LogP contribution in [0.1, 0.15) is 28.4 Å². The number of nitrogens with one attached hydrogen (secondary N) is 2. The van der Waals surface area contributed by atoms with Crippen molar-refractivity contribution in [1.29, 1.82) is 0 Å². The van der Waals surface area contributed by atoms with Crippen LogP contribution in [-0.4, -0.2) is 30.9 Å². The van der Waals surface area contributed by atoms with Crippen LogP contribution in [0.3, 0.4) is 0 Å². The molecule has 0 spiro atoms. The highest BCUT2D eigenvalue weighted by Crippen LogP contribution is 2.12. The monoisotopic (exact) mass is 354 g/mol. The van der Waals surface area contributed by atoms with Gasteiger partial charge in [-0.25, -0.2) is 4.79 Å². The van der Waals surface area contributed by atoms with Crippen LogP contribution in [0.2, 0.25) is 0 Å². The second-order valence-electron chi connectivity index (χ2n) is 6.00. The van der Waals surface area contributed by atoms with Crippen molar-refractivity contribution in [3.8, 4) is 0 Å². The molecule has 2 amide bonds. The van der Waals surface area contributed by atoms with E-state index in [0.717, 1.165) is 11.1 Å². The van der Waals surface area contributed by atoms with Gasteiger partial charge in [-0.15, -0.1) is 0 Å². The number of ether oxygens (including phenoxy) is 1. The average Bonchev–Trinajstić information content (AvgIpc) is 2.60. The Bertz CT molecular complexity index is 817. The molecule has 6 nitrogen and oxygen atoms in total. The Balaban J connectivity index is 2.16. The zero-order chi connectivity index (χ0) is 19.1. The van der Waals surface area contributed by atoms with Crippen molar-refractivity contribution >= 4 is 23.5 Å². The summed E-state index contributed by atoms with van der Waals surface area (Å²) in [5.41, 5.74) is 2.85. The molecule has 0 saturated carbocycles. The van der Waals surface area contributed by atoms with E-state index in [1.54, 1.807) is 24.3 Å². The van der Waals surface area contributed by atoms with E-state index in [-0.39, 0.29) is 5.91 Å². The molecule has 0 fully saturated rings. The summed E-state index contributed by atoms with van der Waals surface area (Å²) in [6.07, 6.45) is 0.325. The standard InChI is InChI=1S/C20H22N2O4/c1-13-6-4-7-15(10-13)11-18(20(25)26-3)22-19(24)16-8-5-9-17(12-16)21-14(2)23/h4-10,12,18H,11H2,1-3H3,(H,21,23)(H,22,24)/t18-/m0/s1. The minimum Gasteiger partial charge on any atom is -0.467 e. The van der Waals surface area contributed by atoms with Crippen molar-refractivity contribution in [3.63, 3.8) is 0 Å². The first-order valence-corrected chi connectivity index (χ1v) is 8.21. The summed E-state index contributed by atoms with van der Waals surface area (Å²) in [6.45, 7) is 3.35. The summed E-state index contributed by atoms with van der Waals surface area (Å²) in [6, 6.07) is 13.4. The molecule has 1 atom stereocenters. The SMILES string of the molecule is COC(=O)[C@H](Cc1cccc(C)c1)NC(=O)c1cccc(NC(C)=O)c1. The Kier molecular flexibility index (Phi) is 6.49.